The van der Waals surface area contributed by atoms with E-state index in [1.165, 1.54) is 0 Å². The molecule has 0 aliphatic rings. The summed E-state index contributed by atoms with van der Waals surface area (Å²) in [6, 6.07) is -0.349. The van der Waals surface area contributed by atoms with Crippen LogP contribution in [0.3, 0.4) is 0 Å². The average Bonchev–Trinajstić information content (AvgIpc) is 2.42. The van der Waals surface area contributed by atoms with Crippen LogP contribution in [-0.2, 0) is 29.1 Å². The molecule has 0 saturated carbocycles. The number of sulfone groups is 1. The third kappa shape index (κ3) is 3.79. The molecule has 1 heterocycles. The summed E-state index contributed by atoms with van der Waals surface area (Å²) >= 11 is 3.40. The molecule has 0 radical (unpaired) electrons. The van der Waals surface area contributed by atoms with Crippen molar-refractivity contribution >= 4 is 25.8 Å². The second kappa shape index (κ2) is 5.49. The molecule has 0 saturated heterocycles. The molecular weight excluding hydrogens is 306 g/mol. The zero-order valence-electron chi connectivity index (χ0n) is 10.3. The summed E-state index contributed by atoms with van der Waals surface area (Å²) in [7, 11) is -1.44. The predicted octanol–water partition coefficient (Wildman–Crippen LogP) is 1.01. The highest BCUT2D eigenvalue weighted by molar-refractivity contribution is 9.10. The largest absolute Gasteiger partial charge is 0.327 e. The Morgan fingerprint density at radius 3 is 2.53 bits per heavy atom. The minimum atomic E-state index is -3.19. The van der Waals surface area contributed by atoms with Gasteiger partial charge in [-0.15, -0.1) is 0 Å². The van der Waals surface area contributed by atoms with Gasteiger partial charge in [-0.05, 0) is 29.3 Å². The lowest BCUT2D eigenvalue weighted by Gasteiger charge is -2.07. The maximum atomic E-state index is 11.9. The van der Waals surface area contributed by atoms with Gasteiger partial charge in [-0.3, -0.25) is 4.68 Å². The van der Waals surface area contributed by atoms with E-state index in [1.54, 1.807) is 18.7 Å². The van der Waals surface area contributed by atoms with Crippen molar-refractivity contribution in [2.45, 2.75) is 32.1 Å². The Balaban J connectivity index is 3.00. The molecule has 7 heteroatoms. The molecule has 1 aromatic heterocycles. The van der Waals surface area contributed by atoms with Gasteiger partial charge in [-0.2, -0.15) is 5.10 Å². The van der Waals surface area contributed by atoms with Crippen LogP contribution in [0.5, 0.6) is 0 Å². The topological polar surface area (TPSA) is 78.0 Å². The lowest BCUT2D eigenvalue weighted by molar-refractivity contribution is 0.585. The highest BCUT2D eigenvalue weighted by atomic mass is 79.9. The first-order valence-electron chi connectivity index (χ1n) is 5.43. The van der Waals surface area contributed by atoms with Crippen molar-refractivity contribution in [1.29, 1.82) is 0 Å². The van der Waals surface area contributed by atoms with Crippen LogP contribution >= 0.6 is 15.9 Å². The van der Waals surface area contributed by atoms with Gasteiger partial charge in [0.25, 0.3) is 0 Å². The first-order chi connectivity index (χ1) is 7.76. The highest BCUT2D eigenvalue weighted by Gasteiger charge is 2.20. The van der Waals surface area contributed by atoms with Gasteiger partial charge in [0.15, 0.2) is 9.84 Å². The van der Waals surface area contributed by atoms with E-state index in [0.717, 1.165) is 16.6 Å². The fraction of sp³-hybridized carbons (Fsp3) is 0.700. The quantitative estimate of drug-likeness (QED) is 0.877. The average molecular weight is 324 g/mol. The molecular formula is C10H18BrN3O2S. The van der Waals surface area contributed by atoms with E-state index in [9.17, 15) is 8.42 Å². The normalized spacial score (nSPS) is 13.9. The monoisotopic (exact) mass is 323 g/mol. The zero-order valence-corrected chi connectivity index (χ0v) is 12.7. The Labute approximate surface area is 110 Å². The number of nitrogens with two attached hydrogens (primary N) is 1. The Morgan fingerprint density at radius 1 is 1.53 bits per heavy atom. The number of rotatable bonds is 5. The number of hydrogen-bond acceptors (Lipinski definition) is 4. The molecule has 1 aromatic rings. The van der Waals surface area contributed by atoms with Crippen LogP contribution in [0.4, 0.5) is 0 Å². The van der Waals surface area contributed by atoms with E-state index in [2.05, 4.69) is 21.0 Å². The number of halogens is 1. The molecule has 0 amide bonds. The van der Waals surface area contributed by atoms with Crippen LogP contribution in [0.1, 0.15) is 25.2 Å². The first-order valence-corrected chi connectivity index (χ1v) is 8.04. The lowest BCUT2D eigenvalue weighted by Crippen LogP contribution is -2.27. The molecule has 1 atom stereocenters. The van der Waals surface area contributed by atoms with E-state index in [0.29, 0.717) is 5.69 Å². The molecule has 2 N–H and O–H groups in total. The molecule has 0 bridgehead atoms. The second-order valence-electron chi connectivity index (χ2n) is 4.22. The molecule has 5 nitrogen and oxygen atoms in total. The lowest BCUT2D eigenvalue weighted by atomic mass is 10.3. The van der Waals surface area contributed by atoms with E-state index in [4.69, 9.17) is 5.73 Å². The van der Waals surface area contributed by atoms with Crippen LogP contribution in [0, 0.1) is 0 Å². The predicted molar refractivity (Wildman–Crippen MR) is 71.4 cm³/mol. The van der Waals surface area contributed by atoms with Crippen molar-refractivity contribution in [2.75, 3.05) is 5.75 Å². The molecule has 98 valence electrons. The Hall–Kier alpha value is -0.400. The van der Waals surface area contributed by atoms with Crippen LogP contribution in [0.2, 0.25) is 0 Å². The number of aryl methyl sites for hydroxylation is 2. The van der Waals surface area contributed by atoms with Gasteiger partial charge in [0.05, 0.1) is 27.4 Å². The SMILES string of the molecule is CCc1nn(C)c(CS(=O)(=O)CC(C)N)c1Br. The second-order valence-corrected chi connectivity index (χ2v) is 7.12. The van der Waals surface area contributed by atoms with Crippen molar-refractivity contribution in [2.24, 2.45) is 12.8 Å². The van der Waals surface area contributed by atoms with Gasteiger partial charge in [0.2, 0.25) is 0 Å². The third-order valence-corrected chi connectivity index (χ3v) is 5.04. The third-order valence-electron chi connectivity index (χ3n) is 2.38. The van der Waals surface area contributed by atoms with Crippen molar-refractivity contribution in [3.8, 4) is 0 Å². The Morgan fingerprint density at radius 2 is 2.12 bits per heavy atom. The summed E-state index contributed by atoms with van der Waals surface area (Å²) in [5.41, 5.74) is 7.08. The zero-order chi connectivity index (χ0) is 13.2. The Bertz CT molecular complexity index is 494. The molecule has 1 unspecified atom stereocenters. The highest BCUT2D eigenvalue weighted by Crippen LogP contribution is 2.23. The van der Waals surface area contributed by atoms with Crippen molar-refractivity contribution in [3.05, 3.63) is 15.9 Å². The van der Waals surface area contributed by atoms with Crippen molar-refractivity contribution < 1.29 is 8.42 Å². The summed E-state index contributed by atoms with van der Waals surface area (Å²) in [4.78, 5) is 0. The van der Waals surface area contributed by atoms with Gasteiger partial charge < -0.3 is 5.73 Å². The fourth-order valence-electron chi connectivity index (χ4n) is 1.64. The summed E-state index contributed by atoms with van der Waals surface area (Å²) in [5, 5.41) is 4.27. The first kappa shape index (κ1) is 14.7. The summed E-state index contributed by atoms with van der Waals surface area (Å²) in [6.07, 6.45) is 0.766. The minimum absolute atomic E-state index is 0.00786. The standard InChI is InChI=1S/C10H18BrN3O2S/c1-4-8-10(11)9(14(3)13-8)6-17(15,16)5-7(2)12/h7H,4-6,12H2,1-3H3. The van der Waals surface area contributed by atoms with Crippen LogP contribution < -0.4 is 5.73 Å². The molecule has 0 aromatic carbocycles. The summed E-state index contributed by atoms with van der Waals surface area (Å²) < 4.78 is 26.1. The molecule has 1 rings (SSSR count). The van der Waals surface area contributed by atoms with E-state index < -0.39 is 9.84 Å². The van der Waals surface area contributed by atoms with Gasteiger partial charge in [-0.25, -0.2) is 8.42 Å². The van der Waals surface area contributed by atoms with Crippen molar-refractivity contribution in [1.82, 2.24) is 9.78 Å². The summed E-state index contributed by atoms with van der Waals surface area (Å²) in [5.74, 6) is -0.0370. The van der Waals surface area contributed by atoms with Gasteiger partial charge in [0.1, 0.15) is 0 Å². The smallest absolute Gasteiger partial charge is 0.157 e. The maximum absolute atomic E-state index is 11.9. The van der Waals surface area contributed by atoms with Crippen molar-refractivity contribution in [3.63, 3.8) is 0 Å². The molecule has 0 spiro atoms. The van der Waals surface area contributed by atoms with Crippen LogP contribution in [-0.4, -0.2) is 30.0 Å². The summed E-state index contributed by atoms with van der Waals surface area (Å²) in [6.45, 7) is 3.67. The van der Waals surface area contributed by atoms with E-state index >= 15 is 0 Å². The molecule has 17 heavy (non-hydrogen) atoms. The van der Waals surface area contributed by atoms with E-state index in [-0.39, 0.29) is 17.5 Å². The van der Waals surface area contributed by atoms with Crippen LogP contribution in [0.25, 0.3) is 0 Å². The van der Waals surface area contributed by atoms with E-state index in [1.807, 2.05) is 6.92 Å². The minimum Gasteiger partial charge on any atom is -0.327 e. The van der Waals surface area contributed by atoms with Gasteiger partial charge in [0, 0.05) is 13.1 Å². The number of aromatic nitrogens is 2. The van der Waals surface area contributed by atoms with Gasteiger partial charge in [-0.1, -0.05) is 6.92 Å². The molecule has 0 aliphatic heterocycles. The number of nitrogens with zero attached hydrogens (tertiary/aromatic N) is 2. The Kier molecular flexibility index (Phi) is 4.74. The van der Waals surface area contributed by atoms with Crippen LogP contribution in [0.15, 0.2) is 4.47 Å². The fourth-order valence-corrected chi connectivity index (χ4v) is 4.25. The number of hydrogen-bond donors (Lipinski definition) is 1. The molecule has 0 aliphatic carbocycles. The van der Waals surface area contributed by atoms with Gasteiger partial charge >= 0.3 is 0 Å². The maximum Gasteiger partial charge on any atom is 0.157 e. The molecule has 0 fully saturated rings.